The van der Waals surface area contributed by atoms with Crippen LogP contribution in [0.2, 0.25) is 0 Å². The van der Waals surface area contributed by atoms with Crippen LogP contribution in [0, 0.1) is 0 Å². The van der Waals surface area contributed by atoms with Crippen molar-refractivity contribution in [3.8, 4) is 5.75 Å². The van der Waals surface area contributed by atoms with E-state index in [0.29, 0.717) is 12.6 Å². The molecule has 2 N–H and O–H groups in total. The lowest BCUT2D eigenvalue weighted by molar-refractivity contribution is -0.136. The molecule has 0 atom stereocenters. The SMILES string of the molecule is CC(C)Oc1cc(CNC2CC2)ccc1N(C)CCC(=O)O. The Morgan fingerprint density at radius 2 is 2.18 bits per heavy atom. The van der Waals surface area contributed by atoms with Gasteiger partial charge in [0.05, 0.1) is 18.2 Å². The van der Waals surface area contributed by atoms with Crippen molar-refractivity contribution in [1.29, 1.82) is 0 Å². The van der Waals surface area contributed by atoms with Crippen molar-refractivity contribution in [3.05, 3.63) is 23.8 Å². The summed E-state index contributed by atoms with van der Waals surface area (Å²) in [6.45, 7) is 5.30. The number of carboxylic acid groups (broad SMARTS) is 1. The summed E-state index contributed by atoms with van der Waals surface area (Å²) in [6, 6.07) is 6.83. The predicted octanol–water partition coefficient (Wildman–Crippen LogP) is 2.64. The van der Waals surface area contributed by atoms with Gasteiger partial charge in [-0.2, -0.15) is 0 Å². The summed E-state index contributed by atoms with van der Waals surface area (Å²) in [6.07, 6.45) is 2.73. The molecular weight excluding hydrogens is 280 g/mol. The third-order valence-electron chi connectivity index (χ3n) is 3.63. The van der Waals surface area contributed by atoms with E-state index in [4.69, 9.17) is 9.84 Å². The Morgan fingerprint density at radius 1 is 1.45 bits per heavy atom. The lowest BCUT2D eigenvalue weighted by Crippen LogP contribution is -2.22. The lowest BCUT2D eigenvalue weighted by Gasteiger charge is -2.23. The van der Waals surface area contributed by atoms with Crippen molar-refractivity contribution in [2.75, 3.05) is 18.5 Å². The summed E-state index contributed by atoms with van der Waals surface area (Å²) in [4.78, 5) is 12.7. The van der Waals surface area contributed by atoms with Gasteiger partial charge in [0, 0.05) is 26.2 Å². The monoisotopic (exact) mass is 306 g/mol. The minimum absolute atomic E-state index is 0.0817. The van der Waals surface area contributed by atoms with Crippen molar-refractivity contribution < 1.29 is 14.6 Å². The molecule has 0 unspecified atom stereocenters. The quantitative estimate of drug-likeness (QED) is 0.734. The van der Waals surface area contributed by atoms with E-state index in [9.17, 15) is 4.79 Å². The van der Waals surface area contributed by atoms with Crippen LogP contribution in [0.5, 0.6) is 5.75 Å². The highest BCUT2D eigenvalue weighted by Gasteiger charge is 2.20. The first-order valence-electron chi connectivity index (χ1n) is 7.91. The van der Waals surface area contributed by atoms with Crippen molar-refractivity contribution in [1.82, 2.24) is 5.32 Å². The minimum atomic E-state index is -0.788. The first kappa shape index (κ1) is 16.6. The molecule has 0 bridgehead atoms. The number of carbonyl (C=O) groups is 1. The molecule has 0 spiro atoms. The molecule has 0 heterocycles. The Labute approximate surface area is 132 Å². The summed E-state index contributed by atoms with van der Waals surface area (Å²) in [7, 11) is 1.90. The van der Waals surface area contributed by atoms with E-state index >= 15 is 0 Å². The highest BCUT2D eigenvalue weighted by atomic mass is 16.5. The standard InChI is InChI=1S/C17H26N2O3/c1-12(2)22-16-10-13(11-18-14-5-6-14)4-7-15(16)19(3)9-8-17(20)21/h4,7,10,12,14,18H,5-6,8-9,11H2,1-3H3,(H,20,21). The highest BCUT2D eigenvalue weighted by Crippen LogP contribution is 2.30. The highest BCUT2D eigenvalue weighted by molar-refractivity contribution is 5.68. The number of rotatable bonds is 9. The Kier molecular flexibility index (Phi) is 5.66. The molecule has 0 radical (unpaired) electrons. The Bertz CT molecular complexity index is 513. The van der Waals surface area contributed by atoms with Crippen LogP contribution in [-0.2, 0) is 11.3 Å². The second-order valence-corrected chi connectivity index (χ2v) is 6.19. The summed E-state index contributed by atoms with van der Waals surface area (Å²) >= 11 is 0. The normalized spacial score (nSPS) is 14.2. The number of aliphatic carboxylic acids is 1. The molecule has 0 aliphatic heterocycles. The maximum absolute atomic E-state index is 10.7. The van der Waals surface area contributed by atoms with Gasteiger partial charge in [-0.1, -0.05) is 6.07 Å². The van der Waals surface area contributed by atoms with Crippen LogP contribution in [0.3, 0.4) is 0 Å². The zero-order chi connectivity index (χ0) is 16.1. The number of hydrogen-bond acceptors (Lipinski definition) is 4. The molecule has 22 heavy (non-hydrogen) atoms. The summed E-state index contributed by atoms with van der Waals surface area (Å²) < 4.78 is 5.92. The number of benzene rings is 1. The van der Waals surface area contributed by atoms with Gasteiger partial charge < -0.3 is 20.1 Å². The largest absolute Gasteiger partial charge is 0.489 e. The summed E-state index contributed by atoms with van der Waals surface area (Å²) in [5.41, 5.74) is 2.13. The van der Waals surface area contributed by atoms with Gasteiger partial charge in [0.15, 0.2) is 0 Å². The molecule has 1 aromatic rings. The van der Waals surface area contributed by atoms with Gasteiger partial charge in [-0.05, 0) is 44.4 Å². The van der Waals surface area contributed by atoms with E-state index in [1.54, 1.807) is 0 Å². The molecule has 1 aliphatic rings. The Balaban J connectivity index is 2.09. The van der Waals surface area contributed by atoms with Crippen molar-refractivity contribution in [2.45, 2.75) is 51.8 Å². The topological polar surface area (TPSA) is 61.8 Å². The first-order valence-corrected chi connectivity index (χ1v) is 7.91. The molecule has 0 amide bonds. The molecule has 1 aliphatic carbocycles. The Morgan fingerprint density at radius 3 is 2.77 bits per heavy atom. The van der Waals surface area contributed by atoms with Crippen molar-refractivity contribution >= 4 is 11.7 Å². The molecule has 0 saturated heterocycles. The first-order chi connectivity index (χ1) is 10.5. The average Bonchev–Trinajstić information content (AvgIpc) is 3.26. The molecule has 5 nitrogen and oxygen atoms in total. The van der Waals surface area contributed by atoms with Crippen LogP contribution in [0.1, 0.15) is 38.7 Å². The van der Waals surface area contributed by atoms with Crippen LogP contribution in [0.25, 0.3) is 0 Å². The van der Waals surface area contributed by atoms with E-state index < -0.39 is 5.97 Å². The maximum atomic E-state index is 10.7. The predicted molar refractivity (Wildman–Crippen MR) is 87.6 cm³/mol. The van der Waals surface area contributed by atoms with E-state index in [0.717, 1.165) is 18.0 Å². The fraction of sp³-hybridized carbons (Fsp3) is 0.588. The number of anilines is 1. The zero-order valence-electron chi connectivity index (χ0n) is 13.6. The van der Waals surface area contributed by atoms with Crippen LogP contribution < -0.4 is 15.0 Å². The van der Waals surface area contributed by atoms with Crippen molar-refractivity contribution in [3.63, 3.8) is 0 Å². The lowest BCUT2D eigenvalue weighted by atomic mass is 10.1. The molecular formula is C17H26N2O3. The minimum Gasteiger partial charge on any atom is -0.489 e. The average molecular weight is 306 g/mol. The van der Waals surface area contributed by atoms with Crippen LogP contribution in [-0.4, -0.2) is 36.8 Å². The summed E-state index contributed by atoms with van der Waals surface area (Å²) in [5.74, 6) is 0.0291. The zero-order valence-corrected chi connectivity index (χ0v) is 13.6. The third-order valence-corrected chi connectivity index (χ3v) is 3.63. The maximum Gasteiger partial charge on any atom is 0.305 e. The molecule has 5 heteroatoms. The van der Waals surface area contributed by atoms with Gasteiger partial charge in [0.2, 0.25) is 0 Å². The van der Waals surface area contributed by atoms with Crippen LogP contribution in [0.4, 0.5) is 5.69 Å². The molecule has 1 aromatic carbocycles. The molecule has 0 aromatic heterocycles. The molecule has 1 saturated carbocycles. The van der Waals surface area contributed by atoms with Gasteiger partial charge in [-0.15, -0.1) is 0 Å². The third kappa shape index (κ3) is 5.22. The fourth-order valence-electron chi connectivity index (χ4n) is 2.27. The molecule has 122 valence electrons. The van der Waals surface area contributed by atoms with E-state index in [2.05, 4.69) is 17.4 Å². The van der Waals surface area contributed by atoms with Crippen LogP contribution >= 0.6 is 0 Å². The van der Waals surface area contributed by atoms with Gasteiger partial charge in [-0.3, -0.25) is 4.79 Å². The van der Waals surface area contributed by atoms with Crippen LogP contribution in [0.15, 0.2) is 18.2 Å². The number of nitrogens with zero attached hydrogens (tertiary/aromatic N) is 1. The second kappa shape index (κ2) is 7.49. The smallest absolute Gasteiger partial charge is 0.305 e. The number of carboxylic acids is 1. The van der Waals surface area contributed by atoms with E-state index in [-0.39, 0.29) is 12.5 Å². The number of hydrogen-bond donors (Lipinski definition) is 2. The van der Waals surface area contributed by atoms with E-state index in [1.165, 1.54) is 18.4 Å². The second-order valence-electron chi connectivity index (χ2n) is 6.19. The number of nitrogens with one attached hydrogen (secondary N) is 1. The summed E-state index contributed by atoms with van der Waals surface area (Å²) in [5, 5.41) is 12.3. The van der Waals surface area contributed by atoms with Gasteiger partial charge in [-0.25, -0.2) is 0 Å². The fourth-order valence-corrected chi connectivity index (χ4v) is 2.27. The van der Waals surface area contributed by atoms with Gasteiger partial charge in [0.25, 0.3) is 0 Å². The molecule has 2 rings (SSSR count). The van der Waals surface area contributed by atoms with Crippen molar-refractivity contribution in [2.24, 2.45) is 0 Å². The molecule has 1 fully saturated rings. The van der Waals surface area contributed by atoms with E-state index in [1.807, 2.05) is 31.9 Å². The Hall–Kier alpha value is -1.75. The number of ether oxygens (including phenoxy) is 1. The van der Waals surface area contributed by atoms with Gasteiger partial charge in [0.1, 0.15) is 5.75 Å². The van der Waals surface area contributed by atoms with Gasteiger partial charge >= 0.3 is 5.97 Å².